The van der Waals surface area contributed by atoms with Crippen molar-refractivity contribution in [3.05, 3.63) is 52.7 Å². The Hall–Kier alpha value is -2.55. The standard InChI is InChI=1S/C17H15ClFN5O2/c18-11-7-9(3-4-12(11)19)21-15(24-26)10-5-6-20-16-13(10)22-17(23-16)14(25)8-1-2-8/h3-8,14,25-26H,1-2H2,(H,21,24)(H,20,22,23). The molecule has 0 bridgehead atoms. The van der Waals surface area contributed by atoms with Gasteiger partial charge in [0.15, 0.2) is 11.5 Å². The van der Waals surface area contributed by atoms with Gasteiger partial charge in [-0.2, -0.15) is 0 Å². The number of hydrogen-bond donors (Lipinski definition) is 4. The minimum absolute atomic E-state index is 0.0696. The number of benzene rings is 1. The van der Waals surface area contributed by atoms with Crippen molar-refractivity contribution < 1.29 is 14.7 Å². The molecular weight excluding hydrogens is 361 g/mol. The van der Waals surface area contributed by atoms with Gasteiger partial charge in [-0.15, -0.1) is 0 Å². The molecule has 0 amide bonds. The number of H-pyrrole nitrogens is 1. The number of aliphatic hydroxyl groups excluding tert-OH is 1. The molecule has 2 heterocycles. The van der Waals surface area contributed by atoms with E-state index in [4.69, 9.17) is 11.6 Å². The second kappa shape index (κ2) is 6.64. The molecule has 1 aromatic carbocycles. The topological polar surface area (TPSA) is 106 Å². The van der Waals surface area contributed by atoms with E-state index in [-0.39, 0.29) is 16.8 Å². The summed E-state index contributed by atoms with van der Waals surface area (Å²) in [5, 5.41) is 19.7. The summed E-state index contributed by atoms with van der Waals surface area (Å²) in [7, 11) is 0. The lowest BCUT2D eigenvalue weighted by Crippen LogP contribution is -2.20. The molecule has 0 radical (unpaired) electrons. The second-order valence-electron chi connectivity index (χ2n) is 6.13. The van der Waals surface area contributed by atoms with Gasteiger partial charge in [0, 0.05) is 11.8 Å². The van der Waals surface area contributed by atoms with Crippen LogP contribution in [0.4, 0.5) is 10.1 Å². The molecule has 0 spiro atoms. The molecule has 2 aromatic heterocycles. The van der Waals surface area contributed by atoms with E-state index in [1.54, 1.807) is 6.07 Å². The number of imidazole rings is 1. The lowest BCUT2D eigenvalue weighted by atomic mass is 10.2. The number of aliphatic imine (C=N–C) groups is 1. The van der Waals surface area contributed by atoms with Crippen LogP contribution >= 0.6 is 11.6 Å². The average Bonchev–Trinajstić information content (AvgIpc) is 3.40. The molecule has 4 N–H and O–H groups in total. The van der Waals surface area contributed by atoms with Crippen molar-refractivity contribution in [2.75, 3.05) is 0 Å². The SMILES string of the molecule is ONC(=Nc1ccc(F)c(Cl)c1)c1ccnc2nc(C(O)C3CC3)[nH]c12. The van der Waals surface area contributed by atoms with E-state index < -0.39 is 11.9 Å². The Kier molecular flexibility index (Phi) is 4.31. The Morgan fingerprint density at radius 1 is 1.38 bits per heavy atom. The highest BCUT2D eigenvalue weighted by atomic mass is 35.5. The zero-order chi connectivity index (χ0) is 18.3. The molecule has 26 heavy (non-hydrogen) atoms. The predicted molar refractivity (Wildman–Crippen MR) is 94.1 cm³/mol. The highest BCUT2D eigenvalue weighted by Crippen LogP contribution is 2.40. The number of aromatic amines is 1. The van der Waals surface area contributed by atoms with Crippen LogP contribution in [-0.4, -0.2) is 31.1 Å². The van der Waals surface area contributed by atoms with E-state index in [0.717, 1.165) is 12.8 Å². The van der Waals surface area contributed by atoms with Gasteiger partial charge in [-0.1, -0.05) is 11.6 Å². The van der Waals surface area contributed by atoms with Crippen LogP contribution in [0.5, 0.6) is 0 Å². The number of hydroxylamine groups is 1. The lowest BCUT2D eigenvalue weighted by molar-refractivity contribution is 0.145. The van der Waals surface area contributed by atoms with Crippen molar-refractivity contribution in [3.63, 3.8) is 0 Å². The number of aliphatic hydroxyl groups is 1. The Balaban J connectivity index is 1.77. The zero-order valence-electron chi connectivity index (χ0n) is 13.4. The van der Waals surface area contributed by atoms with Crippen molar-refractivity contribution in [1.29, 1.82) is 0 Å². The molecular formula is C17H15ClFN5O2. The number of nitrogens with one attached hydrogen (secondary N) is 2. The van der Waals surface area contributed by atoms with Crippen molar-refractivity contribution in [1.82, 2.24) is 20.4 Å². The molecule has 1 unspecified atom stereocenters. The molecule has 9 heteroatoms. The summed E-state index contributed by atoms with van der Waals surface area (Å²) in [5.74, 6) is 0.202. The number of rotatable bonds is 4. The van der Waals surface area contributed by atoms with E-state index >= 15 is 0 Å². The molecule has 7 nitrogen and oxygen atoms in total. The van der Waals surface area contributed by atoms with Gasteiger partial charge >= 0.3 is 0 Å². The molecule has 1 aliphatic carbocycles. The Morgan fingerprint density at radius 3 is 2.88 bits per heavy atom. The molecule has 4 rings (SSSR count). The van der Waals surface area contributed by atoms with Crippen molar-refractivity contribution >= 4 is 34.3 Å². The Morgan fingerprint density at radius 2 is 2.19 bits per heavy atom. The predicted octanol–water partition coefficient (Wildman–Crippen LogP) is 3.25. The third kappa shape index (κ3) is 3.14. The summed E-state index contributed by atoms with van der Waals surface area (Å²) in [6, 6.07) is 5.62. The van der Waals surface area contributed by atoms with Gasteiger partial charge in [0.1, 0.15) is 17.7 Å². The summed E-state index contributed by atoms with van der Waals surface area (Å²) in [6.45, 7) is 0. The van der Waals surface area contributed by atoms with Gasteiger partial charge in [0.05, 0.1) is 16.2 Å². The minimum atomic E-state index is -0.671. The maximum Gasteiger partial charge on any atom is 0.178 e. The van der Waals surface area contributed by atoms with Gasteiger partial charge in [0.2, 0.25) is 0 Å². The van der Waals surface area contributed by atoms with E-state index in [1.807, 2.05) is 5.48 Å². The molecule has 1 atom stereocenters. The summed E-state index contributed by atoms with van der Waals surface area (Å²) in [6.07, 6.45) is 2.79. The van der Waals surface area contributed by atoms with Gasteiger partial charge in [-0.25, -0.2) is 19.4 Å². The summed E-state index contributed by atoms with van der Waals surface area (Å²) < 4.78 is 13.3. The fraction of sp³-hybridized carbons (Fsp3) is 0.235. The minimum Gasteiger partial charge on any atom is -0.385 e. The maximum absolute atomic E-state index is 13.3. The molecule has 3 aromatic rings. The molecule has 0 aliphatic heterocycles. The molecule has 1 fully saturated rings. The summed E-state index contributed by atoms with van der Waals surface area (Å²) in [4.78, 5) is 15.8. The molecule has 1 saturated carbocycles. The number of halogens is 2. The first-order chi connectivity index (χ1) is 12.6. The second-order valence-corrected chi connectivity index (χ2v) is 6.54. The smallest absolute Gasteiger partial charge is 0.178 e. The van der Waals surface area contributed by atoms with E-state index in [2.05, 4.69) is 19.9 Å². The Labute approximate surface area is 152 Å². The van der Waals surface area contributed by atoms with Crippen LogP contribution in [0, 0.1) is 11.7 Å². The number of fused-ring (bicyclic) bond motifs is 1. The highest BCUT2D eigenvalue weighted by Gasteiger charge is 2.33. The first-order valence-corrected chi connectivity index (χ1v) is 8.41. The molecule has 134 valence electrons. The number of hydrogen-bond acceptors (Lipinski definition) is 5. The fourth-order valence-electron chi connectivity index (χ4n) is 2.73. The van der Waals surface area contributed by atoms with Crippen LogP contribution in [0.25, 0.3) is 11.2 Å². The first-order valence-electron chi connectivity index (χ1n) is 8.03. The number of nitrogens with zero attached hydrogens (tertiary/aromatic N) is 3. The monoisotopic (exact) mass is 375 g/mol. The van der Waals surface area contributed by atoms with Crippen LogP contribution in [0.1, 0.15) is 30.3 Å². The van der Waals surface area contributed by atoms with E-state index in [9.17, 15) is 14.7 Å². The van der Waals surface area contributed by atoms with Crippen molar-refractivity contribution in [3.8, 4) is 0 Å². The number of pyridine rings is 1. The largest absolute Gasteiger partial charge is 0.385 e. The normalized spacial score (nSPS) is 16.1. The van der Waals surface area contributed by atoms with E-state index in [1.165, 1.54) is 24.4 Å². The van der Waals surface area contributed by atoms with Gasteiger partial charge in [-0.05, 0) is 43.0 Å². The quantitative estimate of drug-likeness (QED) is 0.318. The van der Waals surface area contributed by atoms with Crippen molar-refractivity contribution in [2.24, 2.45) is 10.9 Å². The van der Waals surface area contributed by atoms with E-state index in [0.29, 0.717) is 28.2 Å². The van der Waals surface area contributed by atoms with Crippen LogP contribution in [0.2, 0.25) is 5.02 Å². The molecule has 0 saturated heterocycles. The van der Waals surface area contributed by atoms with Crippen molar-refractivity contribution in [2.45, 2.75) is 18.9 Å². The van der Waals surface area contributed by atoms with Gasteiger partial charge < -0.3 is 10.1 Å². The van der Waals surface area contributed by atoms with Crippen LogP contribution in [0.15, 0.2) is 35.5 Å². The zero-order valence-corrected chi connectivity index (χ0v) is 14.2. The third-order valence-electron chi connectivity index (χ3n) is 4.26. The Bertz CT molecular complexity index is 1000. The highest BCUT2D eigenvalue weighted by molar-refractivity contribution is 6.31. The third-order valence-corrected chi connectivity index (χ3v) is 4.55. The average molecular weight is 376 g/mol. The van der Waals surface area contributed by atoms with Crippen LogP contribution in [0.3, 0.4) is 0 Å². The van der Waals surface area contributed by atoms with Gasteiger partial charge in [0.25, 0.3) is 0 Å². The summed E-state index contributed by atoms with van der Waals surface area (Å²) in [5.41, 5.74) is 3.82. The van der Waals surface area contributed by atoms with Crippen LogP contribution in [-0.2, 0) is 0 Å². The number of aromatic nitrogens is 3. The number of amidine groups is 1. The molecule has 1 aliphatic rings. The maximum atomic E-state index is 13.3. The fourth-order valence-corrected chi connectivity index (χ4v) is 2.91. The van der Waals surface area contributed by atoms with Crippen LogP contribution < -0.4 is 5.48 Å². The first kappa shape index (κ1) is 16.9. The van der Waals surface area contributed by atoms with Gasteiger partial charge in [-0.3, -0.25) is 10.7 Å². The summed E-state index contributed by atoms with van der Waals surface area (Å²) >= 11 is 5.77. The lowest BCUT2D eigenvalue weighted by Gasteiger charge is -2.07.